The molecule has 7 heteroatoms. The molecule has 0 bridgehead atoms. The molecule has 0 saturated heterocycles. The second-order valence-corrected chi connectivity index (χ2v) is 12.1. The number of hydrogen-bond donors (Lipinski definition) is 2. The van der Waals surface area contributed by atoms with Gasteiger partial charge in [0.25, 0.3) is 0 Å². The smallest absolute Gasteiger partial charge is 0.302 e. The van der Waals surface area contributed by atoms with Gasteiger partial charge < -0.3 is 19.8 Å². The number of esters is 1. The predicted octanol–water partition coefficient (Wildman–Crippen LogP) is 4.83. The van der Waals surface area contributed by atoms with Gasteiger partial charge in [-0.3, -0.25) is 4.79 Å². The molecule has 186 valence electrons. The molecule has 4 aliphatic carbocycles. The fraction of sp³-hybridized carbons (Fsp3) is 0.808. The first-order chi connectivity index (χ1) is 15.7. The van der Waals surface area contributed by atoms with Crippen molar-refractivity contribution in [1.29, 1.82) is 0 Å². The van der Waals surface area contributed by atoms with Crippen LogP contribution in [0.25, 0.3) is 0 Å². The van der Waals surface area contributed by atoms with Crippen molar-refractivity contribution >= 4 is 21.9 Å². The Kier molecular flexibility index (Phi) is 7.36. The van der Waals surface area contributed by atoms with E-state index in [2.05, 4.69) is 36.4 Å². The molecular formula is C26H39BrO6. The number of alkyl halides is 1. The van der Waals surface area contributed by atoms with E-state index in [9.17, 15) is 15.0 Å². The minimum atomic E-state index is -0.584. The maximum absolute atomic E-state index is 11.8. The van der Waals surface area contributed by atoms with E-state index in [-0.39, 0.29) is 46.9 Å². The highest BCUT2D eigenvalue weighted by atomic mass is 79.9. The minimum absolute atomic E-state index is 0.00682. The molecule has 0 spiro atoms. The highest BCUT2D eigenvalue weighted by molar-refractivity contribution is 9.09. The molecule has 33 heavy (non-hydrogen) atoms. The lowest BCUT2D eigenvalue weighted by molar-refractivity contribution is -0.301. The van der Waals surface area contributed by atoms with Crippen LogP contribution in [0.3, 0.4) is 0 Å². The summed E-state index contributed by atoms with van der Waals surface area (Å²) < 4.78 is 5.73. The van der Waals surface area contributed by atoms with Crippen LogP contribution in [0.2, 0.25) is 0 Å². The normalized spacial score (nSPS) is 44.2. The summed E-state index contributed by atoms with van der Waals surface area (Å²) in [6.45, 7) is 9.72. The maximum Gasteiger partial charge on any atom is 0.302 e. The molecule has 0 aromatic carbocycles. The van der Waals surface area contributed by atoms with Crippen LogP contribution in [0.4, 0.5) is 0 Å². The number of aliphatic hydroxyl groups is 2. The van der Waals surface area contributed by atoms with Crippen molar-refractivity contribution in [2.24, 2.45) is 28.6 Å². The van der Waals surface area contributed by atoms with Crippen molar-refractivity contribution in [3.63, 3.8) is 0 Å². The Bertz CT molecular complexity index is 798. The summed E-state index contributed by atoms with van der Waals surface area (Å²) in [6, 6.07) is 0. The number of allylic oxidation sites excluding steroid dienone is 1. The summed E-state index contributed by atoms with van der Waals surface area (Å²) >= 11 is 3.74. The SMILES string of the molecule is C=C(CCC)OO[C@H]1CC[C@@]2(C)C(=CC(O)C3C4C[C@@H](Br)[C@H](OC(C)=O)[C@@]4(CO)CCC32)C1. The van der Waals surface area contributed by atoms with Crippen LogP contribution in [0.15, 0.2) is 24.0 Å². The molecule has 4 unspecified atom stereocenters. The zero-order valence-corrected chi connectivity index (χ0v) is 21.7. The fourth-order valence-electron chi connectivity index (χ4n) is 7.55. The van der Waals surface area contributed by atoms with Crippen LogP contribution in [0.5, 0.6) is 0 Å². The Morgan fingerprint density at radius 2 is 2.06 bits per heavy atom. The molecule has 4 aliphatic rings. The Morgan fingerprint density at radius 3 is 2.73 bits per heavy atom. The number of carbonyl (C=O) groups is 1. The molecule has 0 radical (unpaired) electrons. The summed E-state index contributed by atoms with van der Waals surface area (Å²) in [5, 5.41) is 21.9. The first-order valence-corrected chi connectivity index (χ1v) is 13.4. The van der Waals surface area contributed by atoms with Crippen molar-refractivity contribution in [2.45, 2.75) is 95.3 Å². The van der Waals surface area contributed by atoms with Crippen molar-refractivity contribution in [3.05, 3.63) is 24.0 Å². The van der Waals surface area contributed by atoms with Gasteiger partial charge in [0.05, 0.1) is 17.5 Å². The van der Waals surface area contributed by atoms with Gasteiger partial charge in [-0.1, -0.05) is 48.0 Å². The number of halogens is 1. The van der Waals surface area contributed by atoms with Crippen molar-refractivity contribution in [3.8, 4) is 0 Å². The van der Waals surface area contributed by atoms with E-state index in [1.54, 1.807) is 0 Å². The van der Waals surface area contributed by atoms with Gasteiger partial charge in [0, 0.05) is 18.8 Å². The van der Waals surface area contributed by atoms with E-state index in [4.69, 9.17) is 14.5 Å². The average molecular weight is 527 g/mol. The monoisotopic (exact) mass is 526 g/mol. The quantitative estimate of drug-likeness (QED) is 0.123. The topological polar surface area (TPSA) is 85.2 Å². The molecule has 9 atom stereocenters. The molecule has 0 amide bonds. The molecule has 6 nitrogen and oxygen atoms in total. The maximum atomic E-state index is 11.8. The van der Waals surface area contributed by atoms with Gasteiger partial charge in [-0.2, -0.15) is 4.89 Å². The third-order valence-electron chi connectivity index (χ3n) is 9.13. The van der Waals surface area contributed by atoms with E-state index in [1.807, 2.05) is 6.08 Å². The van der Waals surface area contributed by atoms with Gasteiger partial charge in [0.2, 0.25) is 0 Å². The summed E-state index contributed by atoms with van der Waals surface area (Å²) in [5.74, 6) is 0.794. The molecule has 4 rings (SSSR count). The lowest BCUT2D eigenvalue weighted by Gasteiger charge is -2.59. The lowest BCUT2D eigenvalue weighted by atomic mass is 9.47. The number of ether oxygens (including phenoxy) is 1. The average Bonchev–Trinajstić information content (AvgIpc) is 3.04. The molecule has 0 heterocycles. The van der Waals surface area contributed by atoms with Crippen LogP contribution in [0, 0.1) is 28.6 Å². The van der Waals surface area contributed by atoms with Crippen LogP contribution >= 0.6 is 15.9 Å². The van der Waals surface area contributed by atoms with Crippen LogP contribution in [0.1, 0.15) is 72.1 Å². The van der Waals surface area contributed by atoms with Crippen molar-refractivity contribution in [2.75, 3.05) is 6.61 Å². The van der Waals surface area contributed by atoms with Gasteiger partial charge in [-0.15, -0.1) is 0 Å². The Morgan fingerprint density at radius 1 is 1.30 bits per heavy atom. The number of fused-ring (bicyclic) bond motifs is 5. The highest BCUT2D eigenvalue weighted by Gasteiger charge is 2.65. The van der Waals surface area contributed by atoms with Crippen LogP contribution in [-0.4, -0.2) is 45.9 Å². The minimum Gasteiger partial charge on any atom is -0.461 e. The van der Waals surface area contributed by atoms with Crippen molar-refractivity contribution in [1.82, 2.24) is 0 Å². The van der Waals surface area contributed by atoms with E-state index in [1.165, 1.54) is 12.5 Å². The van der Waals surface area contributed by atoms with E-state index >= 15 is 0 Å². The van der Waals surface area contributed by atoms with Gasteiger partial charge in [-0.25, -0.2) is 0 Å². The molecule has 3 fully saturated rings. The first-order valence-electron chi connectivity index (χ1n) is 12.5. The van der Waals surface area contributed by atoms with Crippen LogP contribution in [-0.2, 0) is 19.3 Å². The fourth-order valence-corrected chi connectivity index (χ4v) is 8.59. The van der Waals surface area contributed by atoms with E-state index < -0.39 is 11.5 Å². The second kappa shape index (κ2) is 9.63. The van der Waals surface area contributed by atoms with E-state index in [0.717, 1.165) is 51.4 Å². The highest BCUT2D eigenvalue weighted by Crippen LogP contribution is 2.66. The number of hydrogen-bond acceptors (Lipinski definition) is 6. The first kappa shape index (κ1) is 25.2. The molecule has 0 aliphatic heterocycles. The summed E-state index contributed by atoms with van der Waals surface area (Å²) in [7, 11) is 0. The van der Waals surface area contributed by atoms with E-state index in [0.29, 0.717) is 11.7 Å². The summed E-state index contributed by atoms with van der Waals surface area (Å²) in [6.07, 6.45) is 7.93. The van der Waals surface area contributed by atoms with Gasteiger partial charge in [-0.05, 0) is 68.1 Å². The zero-order chi connectivity index (χ0) is 24.0. The third-order valence-corrected chi connectivity index (χ3v) is 9.99. The third kappa shape index (κ3) is 4.32. The molecule has 2 N–H and O–H groups in total. The number of carbonyl (C=O) groups excluding carboxylic acids is 1. The van der Waals surface area contributed by atoms with Gasteiger partial charge >= 0.3 is 5.97 Å². The van der Waals surface area contributed by atoms with Gasteiger partial charge in [0.15, 0.2) is 0 Å². The largest absolute Gasteiger partial charge is 0.461 e. The summed E-state index contributed by atoms with van der Waals surface area (Å²) in [4.78, 5) is 23.0. The lowest BCUT2D eigenvalue weighted by Crippen LogP contribution is -2.57. The second-order valence-electron chi connectivity index (χ2n) is 10.9. The Balaban J connectivity index is 1.56. The number of aliphatic hydroxyl groups excluding tert-OH is 2. The summed E-state index contributed by atoms with van der Waals surface area (Å²) in [5.41, 5.74) is 0.753. The zero-order valence-electron chi connectivity index (χ0n) is 20.1. The molecule has 0 aromatic heterocycles. The Hall–Kier alpha value is -0.890. The molecule has 0 aromatic rings. The predicted molar refractivity (Wildman–Crippen MR) is 128 cm³/mol. The van der Waals surface area contributed by atoms with Crippen LogP contribution < -0.4 is 0 Å². The molecule has 3 saturated carbocycles. The van der Waals surface area contributed by atoms with Crippen molar-refractivity contribution < 1.29 is 29.5 Å². The number of rotatable bonds is 7. The van der Waals surface area contributed by atoms with Gasteiger partial charge in [0.1, 0.15) is 18.0 Å². The molecular weight excluding hydrogens is 488 g/mol. The standard InChI is InChI=1S/C26H39BrO6/c1-5-6-15(2)32-33-18-7-9-25(4)17(11-18)12-22(30)23-19(25)8-10-26(14-28)20(23)13-21(27)24(26)31-16(3)29/h12,18-24,28,30H,2,5-11,13-14H2,1,3-4H3/t18-,19?,20?,21+,22?,23?,24-,25-,26+/m0/s1. The Labute approximate surface area is 205 Å².